The standard InChI is InChI=1S/C14H15ClN2O3S/c1-3-8-19-13(18)9(2)21-14-17-16-12(20-14)10-6-4-5-7-11(10)15/h4-7,9H,3,8H2,1-2H3. The zero-order chi connectivity index (χ0) is 15.2. The maximum Gasteiger partial charge on any atom is 0.319 e. The Bertz CT molecular complexity index is 618. The Kier molecular flexibility index (Phi) is 5.64. The normalized spacial score (nSPS) is 12.1. The molecule has 0 fully saturated rings. The number of ether oxygens (including phenoxy) is 1. The van der Waals surface area contributed by atoms with Crippen LogP contribution in [0.25, 0.3) is 11.5 Å². The molecule has 1 heterocycles. The summed E-state index contributed by atoms with van der Waals surface area (Å²) in [5, 5.41) is 8.30. The Labute approximate surface area is 132 Å². The summed E-state index contributed by atoms with van der Waals surface area (Å²) in [4.78, 5) is 11.7. The first kappa shape index (κ1) is 15.9. The molecular weight excluding hydrogens is 312 g/mol. The number of aromatic nitrogens is 2. The highest BCUT2D eigenvalue weighted by Gasteiger charge is 2.20. The predicted octanol–water partition coefficient (Wildman–Crippen LogP) is 3.82. The first-order chi connectivity index (χ1) is 10.1. The highest BCUT2D eigenvalue weighted by atomic mass is 35.5. The molecule has 7 heteroatoms. The molecule has 0 spiro atoms. The van der Waals surface area contributed by atoms with E-state index in [9.17, 15) is 4.79 Å². The van der Waals surface area contributed by atoms with Crippen LogP contribution in [0.4, 0.5) is 0 Å². The van der Waals surface area contributed by atoms with Gasteiger partial charge in [-0.1, -0.05) is 42.4 Å². The highest BCUT2D eigenvalue weighted by Crippen LogP contribution is 2.30. The molecular formula is C14H15ClN2O3S. The molecule has 0 aliphatic rings. The number of nitrogens with zero attached hydrogens (tertiary/aromatic N) is 2. The molecule has 1 unspecified atom stereocenters. The van der Waals surface area contributed by atoms with Crippen LogP contribution in [-0.4, -0.2) is 28.0 Å². The average Bonchev–Trinajstić information content (AvgIpc) is 2.93. The molecule has 0 saturated carbocycles. The molecule has 0 N–H and O–H groups in total. The fourth-order valence-electron chi connectivity index (χ4n) is 1.52. The van der Waals surface area contributed by atoms with Gasteiger partial charge in [0.25, 0.3) is 5.22 Å². The van der Waals surface area contributed by atoms with E-state index in [0.29, 0.717) is 28.3 Å². The molecule has 0 aliphatic heterocycles. The van der Waals surface area contributed by atoms with Gasteiger partial charge >= 0.3 is 5.97 Å². The lowest BCUT2D eigenvalue weighted by Gasteiger charge is -2.07. The molecule has 2 rings (SSSR count). The van der Waals surface area contributed by atoms with Gasteiger partial charge in [-0.25, -0.2) is 0 Å². The van der Waals surface area contributed by atoms with E-state index in [-0.39, 0.29) is 5.97 Å². The van der Waals surface area contributed by atoms with E-state index in [1.807, 2.05) is 19.1 Å². The van der Waals surface area contributed by atoms with Crippen molar-refractivity contribution in [2.75, 3.05) is 6.61 Å². The topological polar surface area (TPSA) is 65.2 Å². The smallest absolute Gasteiger partial charge is 0.319 e. The van der Waals surface area contributed by atoms with Crippen LogP contribution in [0.2, 0.25) is 5.02 Å². The van der Waals surface area contributed by atoms with Gasteiger partial charge in [-0.2, -0.15) is 0 Å². The number of hydrogen-bond acceptors (Lipinski definition) is 6. The maximum atomic E-state index is 11.7. The molecule has 0 saturated heterocycles. The van der Waals surface area contributed by atoms with Crippen molar-refractivity contribution in [2.24, 2.45) is 0 Å². The second-order valence-corrected chi connectivity index (χ2v) is 5.98. The van der Waals surface area contributed by atoms with E-state index in [2.05, 4.69) is 10.2 Å². The van der Waals surface area contributed by atoms with Crippen molar-refractivity contribution in [3.8, 4) is 11.5 Å². The number of hydrogen-bond donors (Lipinski definition) is 0. The van der Waals surface area contributed by atoms with E-state index < -0.39 is 5.25 Å². The summed E-state index contributed by atoms with van der Waals surface area (Å²) in [5.41, 5.74) is 0.666. The highest BCUT2D eigenvalue weighted by molar-refractivity contribution is 8.00. The van der Waals surface area contributed by atoms with Crippen molar-refractivity contribution in [3.05, 3.63) is 29.3 Å². The summed E-state index contributed by atoms with van der Waals surface area (Å²) in [5.74, 6) is 0.0385. The Morgan fingerprint density at radius 1 is 1.43 bits per heavy atom. The van der Waals surface area contributed by atoms with Gasteiger partial charge in [-0.3, -0.25) is 4.79 Å². The number of rotatable bonds is 6. The molecule has 1 atom stereocenters. The quantitative estimate of drug-likeness (QED) is 0.594. The van der Waals surface area contributed by atoms with Crippen molar-refractivity contribution in [3.63, 3.8) is 0 Å². The SMILES string of the molecule is CCCOC(=O)C(C)Sc1nnc(-c2ccccc2Cl)o1. The number of thioether (sulfide) groups is 1. The number of benzene rings is 1. The zero-order valence-electron chi connectivity index (χ0n) is 11.7. The van der Waals surface area contributed by atoms with Crippen molar-refractivity contribution in [1.29, 1.82) is 0 Å². The van der Waals surface area contributed by atoms with E-state index in [1.54, 1.807) is 19.1 Å². The van der Waals surface area contributed by atoms with Gasteiger partial charge in [0, 0.05) is 0 Å². The van der Waals surface area contributed by atoms with Gasteiger partial charge in [-0.15, -0.1) is 10.2 Å². The molecule has 1 aromatic carbocycles. The third-order valence-corrected chi connectivity index (χ3v) is 3.81. The Balaban J connectivity index is 2.04. The molecule has 0 radical (unpaired) electrons. The summed E-state index contributed by atoms with van der Waals surface area (Å²) < 4.78 is 10.6. The minimum atomic E-state index is -0.406. The van der Waals surface area contributed by atoms with Gasteiger partial charge < -0.3 is 9.15 Å². The summed E-state index contributed by atoms with van der Waals surface area (Å²) in [6, 6.07) is 7.20. The van der Waals surface area contributed by atoms with Crippen molar-refractivity contribution in [1.82, 2.24) is 10.2 Å². The molecule has 0 aliphatic carbocycles. The number of carbonyl (C=O) groups excluding carboxylic acids is 1. The van der Waals surface area contributed by atoms with Crippen LogP contribution in [-0.2, 0) is 9.53 Å². The third-order valence-electron chi connectivity index (χ3n) is 2.57. The molecule has 1 aromatic heterocycles. The first-order valence-electron chi connectivity index (χ1n) is 6.53. The second-order valence-electron chi connectivity index (χ2n) is 4.28. The summed E-state index contributed by atoms with van der Waals surface area (Å²) in [7, 11) is 0. The van der Waals surface area contributed by atoms with Crippen LogP contribution in [0.3, 0.4) is 0 Å². The Morgan fingerprint density at radius 3 is 2.90 bits per heavy atom. The third kappa shape index (κ3) is 4.22. The number of esters is 1. The molecule has 112 valence electrons. The lowest BCUT2D eigenvalue weighted by atomic mass is 10.2. The van der Waals surface area contributed by atoms with Crippen LogP contribution in [0.1, 0.15) is 20.3 Å². The summed E-state index contributed by atoms with van der Waals surface area (Å²) in [6.07, 6.45) is 0.792. The first-order valence-corrected chi connectivity index (χ1v) is 7.79. The van der Waals surface area contributed by atoms with E-state index >= 15 is 0 Å². The lowest BCUT2D eigenvalue weighted by molar-refractivity contribution is -0.142. The molecule has 0 bridgehead atoms. The maximum absolute atomic E-state index is 11.7. The average molecular weight is 327 g/mol. The molecule has 0 amide bonds. The van der Waals surface area contributed by atoms with Crippen LogP contribution >= 0.6 is 23.4 Å². The lowest BCUT2D eigenvalue weighted by Crippen LogP contribution is -2.17. The monoisotopic (exact) mass is 326 g/mol. The van der Waals surface area contributed by atoms with Crippen molar-refractivity contribution >= 4 is 29.3 Å². The minimum absolute atomic E-state index is 0.292. The Morgan fingerprint density at radius 2 is 2.19 bits per heavy atom. The van der Waals surface area contributed by atoms with Gasteiger partial charge in [0.05, 0.1) is 17.2 Å². The number of carbonyl (C=O) groups is 1. The Hall–Kier alpha value is -1.53. The van der Waals surface area contributed by atoms with Crippen LogP contribution in [0, 0.1) is 0 Å². The van der Waals surface area contributed by atoms with Crippen LogP contribution < -0.4 is 0 Å². The van der Waals surface area contributed by atoms with Crippen LogP contribution in [0.5, 0.6) is 0 Å². The van der Waals surface area contributed by atoms with Gasteiger partial charge in [0.2, 0.25) is 5.89 Å². The number of halogens is 1. The van der Waals surface area contributed by atoms with Crippen LogP contribution in [0.15, 0.2) is 33.9 Å². The van der Waals surface area contributed by atoms with Gasteiger partial charge in [-0.05, 0) is 25.5 Å². The summed E-state index contributed by atoms with van der Waals surface area (Å²) >= 11 is 7.24. The van der Waals surface area contributed by atoms with Crippen molar-refractivity contribution in [2.45, 2.75) is 30.7 Å². The largest absolute Gasteiger partial charge is 0.465 e. The second kappa shape index (κ2) is 7.47. The fraction of sp³-hybridized carbons (Fsp3) is 0.357. The van der Waals surface area contributed by atoms with Gasteiger partial charge in [0.15, 0.2) is 0 Å². The molecule has 5 nitrogen and oxygen atoms in total. The summed E-state index contributed by atoms with van der Waals surface area (Å²) in [6.45, 7) is 4.10. The minimum Gasteiger partial charge on any atom is -0.465 e. The zero-order valence-corrected chi connectivity index (χ0v) is 13.3. The van der Waals surface area contributed by atoms with E-state index in [0.717, 1.165) is 6.42 Å². The predicted molar refractivity (Wildman–Crippen MR) is 81.3 cm³/mol. The van der Waals surface area contributed by atoms with Crippen molar-refractivity contribution < 1.29 is 13.9 Å². The van der Waals surface area contributed by atoms with E-state index in [4.69, 9.17) is 20.8 Å². The molecule has 21 heavy (non-hydrogen) atoms. The van der Waals surface area contributed by atoms with E-state index in [1.165, 1.54) is 11.8 Å². The molecule has 2 aromatic rings. The fourth-order valence-corrected chi connectivity index (χ4v) is 2.42. The van der Waals surface area contributed by atoms with Gasteiger partial charge in [0.1, 0.15) is 5.25 Å².